The van der Waals surface area contributed by atoms with E-state index in [2.05, 4.69) is 5.32 Å². The van der Waals surface area contributed by atoms with E-state index in [1.165, 1.54) is 34.8 Å². The summed E-state index contributed by atoms with van der Waals surface area (Å²) in [6, 6.07) is 5.33. The van der Waals surface area contributed by atoms with Gasteiger partial charge in [-0.2, -0.15) is 0 Å². The van der Waals surface area contributed by atoms with Gasteiger partial charge in [0.1, 0.15) is 11.5 Å². The zero-order chi connectivity index (χ0) is 21.2. The van der Waals surface area contributed by atoms with Crippen molar-refractivity contribution in [2.24, 2.45) is 0 Å². The normalized spacial score (nSPS) is 13.6. The van der Waals surface area contributed by atoms with Crippen molar-refractivity contribution in [1.29, 1.82) is 0 Å². The standard InChI is InChI=1S/C20H27N3O5S/c1-15(24)21-14-29-12-9-20(26)23-11-4-10-22(23)19(25)8-5-16-13-17(27-2)6-7-18(16)28-3/h5-8,13H,4,9-12,14H2,1-3H3,(H,21,24). The van der Waals surface area contributed by atoms with E-state index < -0.39 is 0 Å². The molecule has 1 N–H and O–H groups in total. The van der Waals surface area contributed by atoms with Crippen LogP contribution in [0.3, 0.4) is 0 Å². The molecule has 9 heteroatoms. The maximum atomic E-state index is 12.7. The maximum Gasteiger partial charge on any atom is 0.265 e. The number of methoxy groups -OCH3 is 2. The summed E-state index contributed by atoms with van der Waals surface area (Å²) in [4.78, 5) is 36.0. The zero-order valence-electron chi connectivity index (χ0n) is 17.0. The molecule has 1 aliphatic heterocycles. The maximum absolute atomic E-state index is 12.7. The molecule has 1 aromatic carbocycles. The Kier molecular flexibility index (Phi) is 8.85. The second kappa shape index (κ2) is 11.4. The highest BCUT2D eigenvalue weighted by atomic mass is 32.2. The Morgan fingerprint density at radius 1 is 1.17 bits per heavy atom. The molecule has 1 aliphatic rings. The molecule has 1 fully saturated rings. The van der Waals surface area contributed by atoms with Crippen LogP contribution in [0.2, 0.25) is 0 Å². The summed E-state index contributed by atoms with van der Waals surface area (Å²) in [7, 11) is 3.13. The van der Waals surface area contributed by atoms with Gasteiger partial charge in [0.25, 0.3) is 5.91 Å². The number of rotatable bonds is 9. The first-order valence-corrected chi connectivity index (χ1v) is 10.5. The highest BCUT2D eigenvalue weighted by Crippen LogP contribution is 2.25. The van der Waals surface area contributed by atoms with Gasteiger partial charge in [-0.05, 0) is 30.7 Å². The fraction of sp³-hybridized carbons (Fsp3) is 0.450. The molecule has 0 bridgehead atoms. The first-order valence-electron chi connectivity index (χ1n) is 9.30. The van der Waals surface area contributed by atoms with E-state index in [0.717, 1.165) is 6.42 Å². The van der Waals surface area contributed by atoms with Crippen molar-refractivity contribution < 1.29 is 23.9 Å². The second-order valence-electron chi connectivity index (χ2n) is 6.31. The van der Waals surface area contributed by atoms with E-state index >= 15 is 0 Å². The van der Waals surface area contributed by atoms with E-state index in [4.69, 9.17) is 9.47 Å². The van der Waals surface area contributed by atoms with Crippen molar-refractivity contribution in [2.75, 3.05) is 38.9 Å². The van der Waals surface area contributed by atoms with Gasteiger partial charge in [0, 0.05) is 43.8 Å². The minimum absolute atomic E-state index is 0.0976. The van der Waals surface area contributed by atoms with Crippen LogP contribution < -0.4 is 14.8 Å². The van der Waals surface area contributed by atoms with Crippen LogP contribution in [0.25, 0.3) is 6.08 Å². The van der Waals surface area contributed by atoms with Crippen LogP contribution in [-0.4, -0.2) is 66.7 Å². The fourth-order valence-electron chi connectivity index (χ4n) is 2.83. The van der Waals surface area contributed by atoms with E-state index in [1.807, 2.05) is 0 Å². The minimum atomic E-state index is -0.258. The third-order valence-electron chi connectivity index (χ3n) is 4.30. The molecule has 0 unspecified atom stereocenters. The van der Waals surface area contributed by atoms with Gasteiger partial charge in [-0.15, -0.1) is 11.8 Å². The highest BCUT2D eigenvalue weighted by Gasteiger charge is 2.29. The van der Waals surface area contributed by atoms with E-state index in [-0.39, 0.29) is 17.7 Å². The van der Waals surface area contributed by atoms with Crippen LogP contribution in [0, 0.1) is 0 Å². The molecular weight excluding hydrogens is 394 g/mol. The van der Waals surface area contributed by atoms with Gasteiger partial charge in [-0.25, -0.2) is 5.01 Å². The quantitative estimate of drug-likeness (QED) is 0.372. The van der Waals surface area contributed by atoms with Gasteiger partial charge < -0.3 is 14.8 Å². The number of hydrazine groups is 1. The number of carbonyl (C=O) groups is 3. The Morgan fingerprint density at radius 3 is 2.62 bits per heavy atom. The molecule has 2 rings (SSSR count). The molecule has 0 aliphatic carbocycles. The smallest absolute Gasteiger partial charge is 0.265 e. The number of nitrogens with one attached hydrogen (secondary N) is 1. The largest absolute Gasteiger partial charge is 0.497 e. The number of amides is 3. The van der Waals surface area contributed by atoms with Gasteiger partial charge in [-0.1, -0.05) is 0 Å². The molecule has 3 amide bonds. The van der Waals surface area contributed by atoms with Crippen molar-refractivity contribution in [1.82, 2.24) is 15.3 Å². The first-order chi connectivity index (χ1) is 14.0. The van der Waals surface area contributed by atoms with E-state index in [0.29, 0.717) is 48.2 Å². The Labute approximate surface area is 175 Å². The third kappa shape index (κ3) is 6.70. The molecule has 0 saturated carbocycles. The molecule has 1 saturated heterocycles. The lowest BCUT2D eigenvalue weighted by Crippen LogP contribution is -2.44. The topological polar surface area (TPSA) is 88.2 Å². The summed E-state index contributed by atoms with van der Waals surface area (Å²) in [5.74, 6) is 1.88. The number of hydrogen-bond acceptors (Lipinski definition) is 6. The molecule has 158 valence electrons. The molecule has 0 radical (unpaired) electrons. The van der Waals surface area contributed by atoms with Gasteiger partial charge >= 0.3 is 0 Å². The van der Waals surface area contributed by atoms with Gasteiger partial charge in [0.15, 0.2) is 0 Å². The number of ether oxygens (including phenoxy) is 2. The predicted molar refractivity (Wildman–Crippen MR) is 112 cm³/mol. The van der Waals surface area contributed by atoms with Crippen molar-refractivity contribution in [3.63, 3.8) is 0 Å². The van der Waals surface area contributed by atoms with Crippen LogP contribution >= 0.6 is 11.8 Å². The average molecular weight is 422 g/mol. The molecule has 1 aromatic rings. The van der Waals surface area contributed by atoms with Gasteiger partial charge in [-0.3, -0.25) is 19.4 Å². The zero-order valence-corrected chi connectivity index (χ0v) is 17.8. The Morgan fingerprint density at radius 2 is 1.93 bits per heavy atom. The molecule has 0 aromatic heterocycles. The lowest BCUT2D eigenvalue weighted by atomic mass is 10.1. The molecule has 8 nitrogen and oxygen atoms in total. The third-order valence-corrected chi connectivity index (χ3v) is 5.14. The number of carbonyl (C=O) groups excluding carboxylic acids is 3. The van der Waals surface area contributed by atoms with E-state index in [9.17, 15) is 14.4 Å². The lowest BCUT2D eigenvalue weighted by Gasteiger charge is -2.27. The predicted octanol–water partition coefficient (Wildman–Crippen LogP) is 1.91. The molecule has 0 spiro atoms. The minimum Gasteiger partial charge on any atom is -0.497 e. The monoisotopic (exact) mass is 421 g/mol. The second-order valence-corrected chi connectivity index (χ2v) is 7.41. The van der Waals surface area contributed by atoms with Crippen LogP contribution in [-0.2, 0) is 14.4 Å². The summed E-state index contributed by atoms with van der Waals surface area (Å²) < 4.78 is 10.5. The SMILES string of the molecule is COc1ccc(OC)c(C=CC(=O)N2CCCN2C(=O)CCSCNC(C)=O)c1. The molecular formula is C20H27N3O5S. The molecule has 1 heterocycles. The molecule has 0 atom stereocenters. The summed E-state index contributed by atoms with van der Waals surface area (Å²) in [6.45, 7) is 2.48. The Hall–Kier alpha value is -2.68. The number of benzene rings is 1. The lowest BCUT2D eigenvalue weighted by molar-refractivity contribution is -0.154. The first kappa shape index (κ1) is 22.6. The van der Waals surface area contributed by atoms with E-state index in [1.54, 1.807) is 38.5 Å². The van der Waals surface area contributed by atoms with Gasteiger partial charge in [0.05, 0.1) is 20.1 Å². The summed E-state index contributed by atoms with van der Waals surface area (Å²) >= 11 is 1.47. The number of hydrogen-bond donors (Lipinski definition) is 1. The van der Waals surface area contributed by atoms with Crippen LogP contribution in [0.4, 0.5) is 0 Å². The number of thioether (sulfide) groups is 1. The van der Waals surface area contributed by atoms with Crippen LogP contribution in [0.15, 0.2) is 24.3 Å². The Bertz CT molecular complexity index is 768. The molecule has 29 heavy (non-hydrogen) atoms. The fourth-order valence-corrected chi connectivity index (χ4v) is 3.60. The summed E-state index contributed by atoms with van der Waals surface area (Å²) in [5, 5.41) is 5.66. The summed E-state index contributed by atoms with van der Waals surface area (Å²) in [6.07, 6.45) is 4.15. The highest BCUT2D eigenvalue weighted by molar-refractivity contribution is 7.99. The Balaban J connectivity index is 1.95. The summed E-state index contributed by atoms with van der Waals surface area (Å²) in [5.41, 5.74) is 0.714. The number of nitrogens with zero attached hydrogens (tertiary/aromatic N) is 2. The van der Waals surface area contributed by atoms with Crippen molar-refractivity contribution in [2.45, 2.75) is 19.8 Å². The van der Waals surface area contributed by atoms with Crippen molar-refractivity contribution >= 4 is 35.6 Å². The average Bonchev–Trinajstić information content (AvgIpc) is 3.21. The van der Waals surface area contributed by atoms with Crippen molar-refractivity contribution in [3.05, 3.63) is 29.8 Å². The van der Waals surface area contributed by atoms with Crippen LogP contribution in [0.1, 0.15) is 25.3 Å². The van der Waals surface area contributed by atoms with Crippen molar-refractivity contribution in [3.8, 4) is 11.5 Å². The van der Waals surface area contributed by atoms with Crippen LogP contribution in [0.5, 0.6) is 11.5 Å². The van der Waals surface area contributed by atoms with Gasteiger partial charge in [0.2, 0.25) is 11.8 Å².